The molecule has 0 heterocycles. The van der Waals surface area contributed by atoms with Gasteiger partial charge in [-0.25, -0.2) is 0 Å². The lowest BCUT2D eigenvalue weighted by Gasteiger charge is -2.09. The van der Waals surface area contributed by atoms with Crippen molar-refractivity contribution < 1.29 is 19.1 Å². The van der Waals surface area contributed by atoms with Crippen molar-refractivity contribution in [1.82, 2.24) is 5.32 Å². The molecule has 0 fully saturated rings. The molecule has 0 saturated carbocycles. The lowest BCUT2D eigenvalue weighted by molar-refractivity contribution is -0.136. The van der Waals surface area contributed by atoms with Crippen LogP contribution < -0.4 is 20.7 Å². The number of hydrogen-bond acceptors (Lipinski definition) is 4. The predicted molar refractivity (Wildman–Crippen MR) is 99.2 cm³/mol. The molecule has 2 rings (SSSR count). The minimum Gasteiger partial charge on any atom is -0.497 e. The Morgan fingerprint density at radius 3 is 2.12 bits per heavy atom. The summed E-state index contributed by atoms with van der Waals surface area (Å²) in [6.45, 7) is 3.55. The van der Waals surface area contributed by atoms with Crippen LogP contribution in [0.15, 0.2) is 42.5 Å². The Labute approximate surface area is 151 Å². The van der Waals surface area contributed by atoms with Crippen LogP contribution in [0.5, 0.6) is 5.75 Å². The molecule has 26 heavy (non-hydrogen) atoms. The summed E-state index contributed by atoms with van der Waals surface area (Å²) in [4.78, 5) is 35.5. The largest absolute Gasteiger partial charge is 0.497 e. The zero-order valence-electron chi connectivity index (χ0n) is 14.9. The van der Waals surface area contributed by atoms with E-state index in [0.717, 1.165) is 11.1 Å². The van der Waals surface area contributed by atoms with Crippen LogP contribution in [0, 0.1) is 13.8 Å². The number of aryl methyl sites for hydroxylation is 2. The molecule has 0 radical (unpaired) electrons. The van der Waals surface area contributed by atoms with Crippen molar-refractivity contribution in [2.45, 2.75) is 13.8 Å². The number of methoxy groups -OCH3 is 1. The van der Waals surface area contributed by atoms with Crippen LogP contribution in [0.3, 0.4) is 0 Å². The van der Waals surface area contributed by atoms with Crippen molar-refractivity contribution in [3.05, 3.63) is 53.6 Å². The second kappa shape index (κ2) is 8.66. The zero-order chi connectivity index (χ0) is 19.1. The highest BCUT2D eigenvalue weighted by Gasteiger charge is 2.15. The van der Waals surface area contributed by atoms with Crippen LogP contribution in [0.2, 0.25) is 0 Å². The molecular formula is C19H21N3O4. The molecule has 0 unspecified atom stereocenters. The fourth-order valence-electron chi connectivity index (χ4n) is 2.13. The molecule has 7 heteroatoms. The topological polar surface area (TPSA) is 96.5 Å². The molecule has 0 saturated heterocycles. The molecule has 3 amide bonds. The van der Waals surface area contributed by atoms with Crippen molar-refractivity contribution in [2.75, 3.05) is 24.3 Å². The Morgan fingerprint density at radius 2 is 1.50 bits per heavy atom. The van der Waals surface area contributed by atoms with Gasteiger partial charge in [-0.3, -0.25) is 14.4 Å². The molecule has 2 aromatic rings. The maximum absolute atomic E-state index is 11.9. The van der Waals surface area contributed by atoms with Crippen LogP contribution in [-0.2, 0) is 14.4 Å². The Bertz CT molecular complexity index is 816. The molecule has 0 atom stereocenters. The van der Waals surface area contributed by atoms with Gasteiger partial charge in [0.2, 0.25) is 5.91 Å². The number of benzene rings is 2. The molecule has 136 valence electrons. The molecule has 0 aliphatic rings. The number of anilines is 2. The first-order chi connectivity index (χ1) is 12.4. The number of carbonyl (C=O) groups is 3. The summed E-state index contributed by atoms with van der Waals surface area (Å²) in [6, 6.07) is 12.1. The summed E-state index contributed by atoms with van der Waals surface area (Å²) < 4.78 is 5.03. The van der Waals surface area contributed by atoms with E-state index in [2.05, 4.69) is 16.0 Å². The van der Waals surface area contributed by atoms with E-state index in [1.807, 2.05) is 19.9 Å². The van der Waals surface area contributed by atoms with Gasteiger partial charge in [-0.2, -0.15) is 0 Å². The smallest absolute Gasteiger partial charge is 0.313 e. The van der Waals surface area contributed by atoms with Gasteiger partial charge >= 0.3 is 11.8 Å². The number of nitrogens with one attached hydrogen (secondary N) is 3. The van der Waals surface area contributed by atoms with E-state index in [1.54, 1.807) is 43.5 Å². The van der Waals surface area contributed by atoms with Crippen LogP contribution in [0.25, 0.3) is 0 Å². The number of ether oxygens (including phenoxy) is 1. The van der Waals surface area contributed by atoms with E-state index in [4.69, 9.17) is 4.74 Å². The fraction of sp³-hybridized carbons (Fsp3) is 0.211. The first-order valence-electron chi connectivity index (χ1n) is 7.99. The minimum atomic E-state index is -0.881. The summed E-state index contributed by atoms with van der Waals surface area (Å²) in [5, 5.41) is 7.39. The maximum atomic E-state index is 11.9. The van der Waals surface area contributed by atoms with Crippen LogP contribution >= 0.6 is 0 Å². The van der Waals surface area contributed by atoms with Crippen molar-refractivity contribution in [2.24, 2.45) is 0 Å². The number of carbonyl (C=O) groups excluding carboxylic acids is 3. The van der Waals surface area contributed by atoms with Gasteiger partial charge in [0.15, 0.2) is 0 Å². The van der Waals surface area contributed by atoms with Crippen molar-refractivity contribution in [1.29, 1.82) is 0 Å². The van der Waals surface area contributed by atoms with Gasteiger partial charge in [0.25, 0.3) is 0 Å². The molecule has 0 aliphatic heterocycles. The second-order valence-corrected chi connectivity index (χ2v) is 5.71. The number of rotatable bonds is 5. The Balaban J connectivity index is 1.81. The SMILES string of the molecule is COc1ccc(NC(=O)CNC(=O)C(=O)Nc2ccc(C)c(C)c2)cc1. The standard InChI is InChI=1S/C19H21N3O4/c1-12-4-5-15(10-13(12)2)22-19(25)18(24)20-11-17(23)21-14-6-8-16(26-3)9-7-14/h4-10H,11H2,1-3H3,(H,20,24)(H,21,23)(H,22,25). The number of hydrogen-bond donors (Lipinski definition) is 3. The van der Waals surface area contributed by atoms with Gasteiger partial charge in [0, 0.05) is 11.4 Å². The lowest BCUT2D eigenvalue weighted by atomic mass is 10.1. The summed E-state index contributed by atoms with van der Waals surface area (Å²) in [5.74, 6) is -1.49. The van der Waals surface area contributed by atoms with E-state index < -0.39 is 17.7 Å². The van der Waals surface area contributed by atoms with Gasteiger partial charge in [0.05, 0.1) is 13.7 Å². The highest BCUT2D eigenvalue weighted by Crippen LogP contribution is 2.15. The fourth-order valence-corrected chi connectivity index (χ4v) is 2.13. The Hall–Kier alpha value is -3.35. The molecule has 0 aliphatic carbocycles. The third-order valence-electron chi connectivity index (χ3n) is 3.75. The second-order valence-electron chi connectivity index (χ2n) is 5.71. The minimum absolute atomic E-state index is 0.314. The molecule has 2 aromatic carbocycles. The molecule has 0 aromatic heterocycles. The quantitative estimate of drug-likeness (QED) is 0.715. The van der Waals surface area contributed by atoms with Gasteiger partial charge in [-0.1, -0.05) is 6.07 Å². The average molecular weight is 355 g/mol. The average Bonchev–Trinajstić information content (AvgIpc) is 2.63. The summed E-state index contributed by atoms with van der Waals surface area (Å²) in [7, 11) is 1.55. The molecule has 0 spiro atoms. The van der Waals surface area contributed by atoms with Crippen molar-refractivity contribution >= 4 is 29.1 Å². The highest BCUT2D eigenvalue weighted by atomic mass is 16.5. The van der Waals surface area contributed by atoms with E-state index in [1.165, 1.54) is 0 Å². The van der Waals surface area contributed by atoms with Crippen LogP contribution in [-0.4, -0.2) is 31.4 Å². The van der Waals surface area contributed by atoms with Gasteiger partial charge in [-0.05, 0) is 61.4 Å². The molecular weight excluding hydrogens is 334 g/mol. The normalized spacial score (nSPS) is 9.96. The first kappa shape index (κ1) is 19.0. The van der Waals surface area contributed by atoms with Crippen LogP contribution in [0.1, 0.15) is 11.1 Å². The number of amides is 3. The van der Waals surface area contributed by atoms with E-state index in [-0.39, 0.29) is 6.54 Å². The van der Waals surface area contributed by atoms with Gasteiger partial charge < -0.3 is 20.7 Å². The lowest BCUT2D eigenvalue weighted by Crippen LogP contribution is -2.39. The monoisotopic (exact) mass is 355 g/mol. The third-order valence-corrected chi connectivity index (χ3v) is 3.75. The van der Waals surface area contributed by atoms with Crippen LogP contribution in [0.4, 0.5) is 11.4 Å². The zero-order valence-corrected chi connectivity index (χ0v) is 14.9. The maximum Gasteiger partial charge on any atom is 0.313 e. The molecule has 3 N–H and O–H groups in total. The Morgan fingerprint density at radius 1 is 0.846 bits per heavy atom. The summed E-state index contributed by atoms with van der Waals surface area (Å²) in [5.41, 5.74) is 3.17. The summed E-state index contributed by atoms with van der Waals surface area (Å²) >= 11 is 0. The van der Waals surface area contributed by atoms with E-state index in [9.17, 15) is 14.4 Å². The van der Waals surface area contributed by atoms with E-state index >= 15 is 0 Å². The highest BCUT2D eigenvalue weighted by molar-refractivity contribution is 6.39. The molecule has 7 nitrogen and oxygen atoms in total. The van der Waals surface area contributed by atoms with Crippen molar-refractivity contribution in [3.8, 4) is 5.75 Å². The Kier molecular flexibility index (Phi) is 6.32. The van der Waals surface area contributed by atoms with Crippen molar-refractivity contribution in [3.63, 3.8) is 0 Å². The van der Waals surface area contributed by atoms with E-state index in [0.29, 0.717) is 17.1 Å². The summed E-state index contributed by atoms with van der Waals surface area (Å²) in [6.07, 6.45) is 0. The first-order valence-corrected chi connectivity index (χ1v) is 7.99. The van der Waals surface area contributed by atoms with Gasteiger partial charge in [-0.15, -0.1) is 0 Å². The van der Waals surface area contributed by atoms with Gasteiger partial charge in [0.1, 0.15) is 5.75 Å². The third kappa shape index (κ3) is 5.34. The molecule has 0 bridgehead atoms. The predicted octanol–water partition coefficient (Wildman–Crippen LogP) is 2.01.